The molecule has 3 nitrogen and oxygen atoms in total. The van der Waals surface area contributed by atoms with Crippen LogP contribution >= 0.6 is 0 Å². The molecule has 0 heterocycles. The first-order valence-electron chi connectivity index (χ1n) is 7.63. The Kier molecular flexibility index (Phi) is 5.41. The van der Waals surface area contributed by atoms with Crippen LogP contribution in [0.4, 0.5) is 0 Å². The number of amides is 1. The third-order valence-corrected chi connectivity index (χ3v) is 4.15. The maximum atomic E-state index is 12.6. The molecular formula is C18H23NO2. The predicted octanol–water partition coefficient (Wildman–Crippen LogP) is 2.65. The number of nitrogens with one attached hydrogen (secondary N) is 1. The standard InChI is InChI=1S/C18H23NO2/c1-13-9-10-15(7-5-11-20)16(12-13)18(21)19-17-8-4-3-6-14(17)2/h9-10,12,14,17,20H,3-4,6,8,11H2,1-2H3,(H,19,21). The third-order valence-electron chi connectivity index (χ3n) is 4.15. The van der Waals surface area contributed by atoms with Crippen LogP contribution in [-0.4, -0.2) is 23.7 Å². The van der Waals surface area contributed by atoms with Crippen LogP contribution in [-0.2, 0) is 0 Å². The van der Waals surface area contributed by atoms with Gasteiger partial charge in [0.1, 0.15) is 6.61 Å². The lowest BCUT2D eigenvalue weighted by atomic mass is 9.85. The second-order valence-electron chi connectivity index (χ2n) is 5.85. The molecule has 0 radical (unpaired) electrons. The first kappa shape index (κ1) is 15.6. The number of aliphatic hydroxyl groups is 1. The highest BCUT2D eigenvalue weighted by molar-refractivity contribution is 5.97. The fourth-order valence-electron chi connectivity index (χ4n) is 2.87. The summed E-state index contributed by atoms with van der Waals surface area (Å²) < 4.78 is 0. The van der Waals surface area contributed by atoms with Crippen molar-refractivity contribution in [1.82, 2.24) is 5.32 Å². The average Bonchev–Trinajstić information content (AvgIpc) is 2.48. The van der Waals surface area contributed by atoms with Crippen molar-refractivity contribution >= 4 is 5.91 Å². The van der Waals surface area contributed by atoms with Crippen LogP contribution in [0, 0.1) is 24.7 Å². The highest BCUT2D eigenvalue weighted by Gasteiger charge is 2.24. The van der Waals surface area contributed by atoms with Gasteiger partial charge in [0.2, 0.25) is 0 Å². The van der Waals surface area contributed by atoms with E-state index >= 15 is 0 Å². The Bertz CT molecular complexity index is 568. The van der Waals surface area contributed by atoms with Gasteiger partial charge in [-0.2, -0.15) is 0 Å². The lowest BCUT2D eigenvalue weighted by Gasteiger charge is -2.29. The summed E-state index contributed by atoms with van der Waals surface area (Å²) in [6.45, 7) is 3.96. The van der Waals surface area contributed by atoms with Crippen molar-refractivity contribution in [2.75, 3.05) is 6.61 Å². The molecule has 0 aromatic heterocycles. The molecule has 2 N–H and O–H groups in total. The third kappa shape index (κ3) is 4.09. The van der Waals surface area contributed by atoms with Crippen LogP contribution in [0.25, 0.3) is 0 Å². The summed E-state index contributed by atoms with van der Waals surface area (Å²) in [4.78, 5) is 12.6. The molecule has 0 aliphatic heterocycles. The molecule has 1 amide bonds. The number of rotatable bonds is 2. The topological polar surface area (TPSA) is 49.3 Å². The zero-order valence-corrected chi connectivity index (χ0v) is 12.8. The van der Waals surface area contributed by atoms with E-state index in [0.717, 1.165) is 12.0 Å². The number of carbonyl (C=O) groups is 1. The molecule has 1 aliphatic carbocycles. The van der Waals surface area contributed by atoms with E-state index < -0.39 is 0 Å². The highest BCUT2D eigenvalue weighted by atomic mass is 16.2. The van der Waals surface area contributed by atoms with Gasteiger partial charge in [-0.05, 0) is 37.8 Å². The van der Waals surface area contributed by atoms with Gasteiger partial charge in [0, 0.05) is 11.6 Å². The van der Waals surface area contributed by atoms with Crippen LogP contribution in [0.3, 0.4) is 0 Å². The molecule has 2 atom stereocenters. The molecule has 1 aromatic rings. The van der Waals surface area contributed by atoms with E-state index in [1.54, 1.807) is 0 Å². The monoisotopic (exact) mass is 285 g/mol. The summed E-state index contributed by atoms with van der Waals surface area (Å²) in [6, 6.07) is 5.90. The van der Waals surface area contributed by atoms with Crippen molar-refractivity contribution in [3.63, 3.8) is 0 Å². The van der Waals surface area contributed by atoms with Crippen molar-refractivity contribution in [3.05, 3.63) is 34.9 Å². The van der Waals surface area contributed by atoms with E-state index in [2.05, 4.69) is 24.1 Å². The maximum absolute atomic E-state index is 12.6. The number of aryl methyl sites for hydroxylation is 1. The van der Waals surface area contributed by atoms with Gasteiger partial charge in [-0.25, -0.2) is 0 Å². The molecule has 0 saturated heterocycles. The second kappa shape index (κ2) is 7.28. The number of benzene rings is 1. The van der Waals surface area contributed by atoms with Crippen LogP contribution in [0.5, 0.6) is 0 Å². The molecule has 1 aliphatic rings. The Balaban J connectivity index is 2.19. The zero-order chi connectivity index (χ0) is 15.2. The van der Waals surface area contributed by atoms with Crippen molar-refractivity contribution in [3.8, 4) is 11.8 Å². The summed E-state index contributed by atoms with van der Waals surface area (Å²) in [7, 11) is 0. The van der Waals surface area contributed by atoms with E-state index in [-0.39, 0.29) is 18.6 Å². The van der Waals surface area contributed by atoms with Gasteiger partial charge in [-0.15, -0.1) is 0 Å². The van der Waals surface area contributed by atoms with Crippen molar-refractivity contribution < 1.29 is 9.90 Å². The van der Waals surface area contributed by atoms with E-state index in [9.17, 15) is 4.79 Å². The van der Waals surface area contributed by atoms with Crippen LogP contribution < -0.4 is 5.32 Å². The van der Waals surface area contributed by atoms with Crippen LogP contribution in [0.1, 0.15) is 54.1 Å². The summed E-state index contributed by atoms with van der Waals surface area (Å²) in [5.41, 5.74) is 2.32. The number of hydrogen-bond donors (Lipinski definition) is 2. The van der Waals surface area contributed by atoms with E-state index in [1.807, 2.05) is 25.1 Å². The Morgan fingerprint density at radius 1 is 1.38 bits per heavy atom. The smallest absolute Gasteiger partial charge is 0.252 e. The van der Waals surface area contributed by atoms with Gasteiger partial charge in [0.25, 0.3) is 5.91 Å². The quantitative estimate of drug-likeness (QED) is 0.821. The van der Waals surface area contributed by atoms with Crippen LogP contribution in [0.15, 0.2) is 18.2 Å². The Morgan fingerprint density at radius 3 is 2.86 bits per heavy atom. The van der Waals surface area contributed by atoms with Gasteiger partial charge in [0.05, 0.1) is 5.56 Å². The lowest BCUT2D eigenvalue weighted by molar-refractivity contribution is 0.0910. The zero-order valence-electron chi connectivity index (χ0n) is 12.8. The van der Waals surface area contributed by atoms with Gasteiger partial charge < -0.3 is 10.4 Å². The molecule has 1 saturated carbocycles. The van der Waals surface area contributed by atoms with Crippen LogP contribution in [0.2, 0.25) is 0 Å². The summed E-state index contributed by atoms with van der Waals surface area (Å²) in [6.07, 6.45) is 4.66. The molecule has 3 heteroatoms. The molecule has 1 fully saturated rings. The number of carbonyl (C=O) groups excluding carboxylic acids is 1. The molecule has 2 rings (SSSR count). The minimum atomic E-state index is -0.200. The summed E-state index contributed by atoms with van der Waals surface area (Å²) in [5, 5.41) is 12.0. The van der Waals surface area contributed by atoms with Crippen molar-refractivity contribution in [2.45, 2.75) is 45.6 Å². The SMILES string of the molecule is Cc1ccc(C#CCO)c(C(=O)NC2CCCCC2C)c1. The fourth-order valence-corrected chi connectivity index (χ4v) is 2.87. The van der Waals surface area contributed by atoms with Gasteiger partial charge >= 0.3 is 0 Å². The van der Waals surface area contributed by atoms with E-state index in [1.165, 1.54) is 19.3 Å². The van der Waals surface area contributed by atoms with E-state index in [0.29, 0.717) is 17.0 Å². The minimum absolute atomic E-state index is 0.0558. The van der Waals surface area contributed by atoms with Crippen molar-refractivity contribution in [2.24, 2.45) is 5.92 Å². The van der Waals surface area contributed by atoms with Crippen molar-refractivity contribution in [1.29, 1.82) is 0 Å². The molecule has 112 valence electrons. The Labute approximate surface area is 126 Å². The number of hydrogen-bond acceptors (Lipinski definition) is 2. The highest BCUT2D eigenvalue weighted by Crippen LogP contribution is 2.24. The van der Waals surface area contributed by atoms with E-state index in [4.69, 9.17) is 5.11 Å². The van der Waals surface area contributed by atoms with Gasteiger partial charge in [-0.1, -0.05) is 43.2 Å². The maximum Gasteiger partial charge on any atom is 0.252 e. The summed E-state index contributed by atoms with van der Waals surface area (Å²) in [5.74, 6) is 5.95. The fraction of sp³-hybridized carbons (Fsp3) is 0.500. The molecule has 1 aromatic carbocycles. The Morgan fingerprint density at radius 2 is 2.14 bits per heavy atom. The molecule has 21 heavy (non-hydrogen) atoms. The van der Waals surface area contributed by atoms with Gasteiger partial charge in [-0.3, -0.25) is 4.79 Å². The molecule has 2 unspecified atom stereocenters. The first-order valence-corrected chi connectivity index (χ1v) is 7.63. The van der Waals surface area contributed by atoms with Gasteiger partial charge in [0.15, 0.2) is 0 Å². The molecule has 0 bridgehead atoms. The normalized spacial score (nSPS) is 21.3. The first-order chi connectivity index (χ1) is 10.1. The average molecular weight is 285 g/mol. The number of aliphatic hydroxyl groups excluding tert-OH is 1. The lowest BCUT2D eigenvalue weighted by Crippen LogP contribution is -2.41. The summed E-state index contributed by atoms with van der Waals surface area (Å²) >= 11 is 0. The largest absolute Gasteiger partial charge is 0.384 e. The Hall–Kier alpha value is -1.79. The molecular weight excluding hydrogens is 262 g/mol. The molecule has 0 spiro atoms. The predicted molar refractivity (Wildman–Crippen MR) is 84.0 cm³/mol. The second-order valence-corrected chi connectivity index (χ2v) is 5.85. The minimum Gasteiger partial charge on any atom is -0.384 e.